The van der Waals surface area contributed by atoms with E-state index in [0.717, 1.165) is 5.69 Å². The number of hydrogen-bond acceptors (Lipinski definition) is 5. The first-order valence-electron chi connectivity index (χ1n) is 7.59. The fourth-order valence-corrected chi connectivity index (χ4v) is 4.33. The molecule has 1 saturated heterocycles. The third-order valence-corrected chi connectivity index (χ3v) is 6.00. The lowest BCUT2D eigenvalue weighted by molar-refractivity contribution is -0.00712. The van der Waals surface area contributed by atoms with Crippen molar-refractivity contribution in [3.63, 3.8) is 0 Å². The van der Waals surface area contributed by atoms with Crippen LogP contribution >= 0.6 is 0 Å². The number of rotatable bonds is 4. The Labute approximate surface area is 135 Å². The van der Waals surface area contributed by atoms with Crippen molar-refractivity contribution >= 4 is 10.0 Å². The van der Waals surface area contributed by atoms with Gasteiger partial charge in [0.15, 0.2) is 0 Å². The molecule has 1 aliphatic heterocycles. The largest absolute Gasteiger partial charge is 0.368 e. The molecule has 0 saturated carbocycles. The van der Waals surface area contributed by atoms with Crippen molar-refractivity contribution in [3.05, 3.63) is 29.6 Å². The van der Waals surface area contributed by atoms with Crippen LogP contribution in [0.5, 0.6) is 0 Å². The van der Waals surface area contributed by atoms with Gasteiger partial charge in [-0.3, -0.25) is 4.68 Å². The fourth-order valence-electron chi connectivity index (χ4n) is 2.75. The van der Waals surface area contributed by atoms with Crippen LogP contribution < -0.4 is 0 Å². The molecular formula is C14H21N5O3S. The number of nitrogens with zero attached hydrogens (tertiary/aromatic N) is 4. The maximum absolute atomic E-state index is 12.9. The first-order chi connectivity index (χ1) is 10.9. The highest BCUT2D eigenvalue weighted by atomic mass is 32.2. The maximum atomic E-state index is 12.9. The number of nitrogens with one attached hydrogen (secondary N) is 1. The summed E-state index contributed by atoms with van der Waals surface area (Å²) in [5.74, 6) is 0.656. The Morgan fingerprint density at radius 2 is 2.17 bits per heavy atom. The number of sulfonamides is 1. The van der Waals surface area contributed by atoms with Crippen molar-refractivity contribution in [3.8, 4) is 0 Å². The van der Waals surface area contributed by atoms with Crippen LogP contribution in [0, 0.1) is 13.8 Å². The zero-order valence-electron chi connectivity index (χ0n) is 13.5. The molecular weight excluding hydrogens is 318 g/mol. The van der Waals surface area contributed by atoms with Crippen molar-refractivity contribution in [1.29, 1.82) is 0 Å². The van der Waals surface area contributed by atoms with Crippen molar-refractivity contribution in [2.24, 2.45) is 0 Å². The van der Waals surface area contributed by atoms with E-state index in [2.05, 4.69) is 15.1 Å². The van der Waals surface area contributed by atoms with Crippen molar-refractivity contribution in [2.45, 2.75) is 38.3 Å². The number of aryl methyl sites for hydroxylation is 2. The highest BCUT2D eigenvalue weighted by Crippen LogP contribution is 2.26. The van der Waals surface area contributed by atoms with Gasteiger partial charge in [0.2, 0.25) is 10.0 Å². The molecule has 0 spiro atoms. The van der Waals surface area contributed by atoms with Gasteiger partial charge in [-0.1, -0.05) is 0 Å². The third-order valence-electron chi connectivity index (χ3n) is 4.03. The molecule has 0 aliphatic carbocycles. The van der Waals surface area contributed by atoms with E-state index in [1.54, 1.807) is 17.8 Å². The molecule has 2 aromatic heterocycles. The summed E-state index contributed by atoms with van der Waals surface area (Å²) in [4.78, 5) is 7.61. The third kappa shape index (κ3) is 2.91. The highest BCUT2D eigenvalue weighted by Gasteiger charge is 2.34. The fraction of sp³-hybridized carbons (Fsp3) is 0.571. The quantitative estimate of drug-likeness (QED) is 0.897. The van der Waals surface area contributed by atoms with E-state index in [0.29, 0.717) is 31.2 Å². The van der Waals surface area contributed by atoms with Gasteiger partial charge in [-0.25, -0.2) is 13.4 Å². The van der Waals surface area contributed by atoms with E-state index in [-0.39, 0.29) is 17.5 Å². The van der Waals surface area contributed by atoms with E-state index in [9.17, 15) is 8.42 Å². The molecule has 1 fully saturated rings. The smallest absolute Gasteiger partial charge is 0.246 e. The van der Waals surface area contributed by atoms with Crippen LogP contribution in [0.3, 0.4) is 0 Å². The number of aromatic nitrogens is 4. The van der Waals surface area contributed by atoms with Gasteiger partial charge in [0.25, 0.3) is 0 Å². The van der Waals surface area contributed by atoms with Gasteiger partial charge in [-0.05, 0) is 20.8 Å². The van der Waals surface area contributed by atoms with Gasteiger partial charge < -0.3 is 9.72 Å². The van der Waals surface area contributed by atoms with Crippen molar-refractivity contribution in [2.75, 3.05) is 19.7 Å². The monoisotopic (exact) mass is 339 g/mol. The number of ether oxygens (including phenoxy) is 1. The standard InChI is InChI=1S/C14H21N5O3S/c1-4-19-11(3)13(8-16-19)23(20,21)18-5-6-22-12(9-18)14-15-7-10(2)17-14/h7-8,12H,4-6,9H2,1-3H3,(H,15,17). The van der Waals surface area contributed by atoms with Crippen molar-refractivity contribution in [1.82, 2.24) is 24.1 Å². The average Bonchev–Trinajstić information content (AvgIpc) is 3.13. The molecule has 1 aliphatic rings. The Bertz CT molecular complexity index is 795. The summed E-state index contributed by atoms with van der Waals surface area (Å²) in [5.41, 5.74) is 1.58. The summed E-state index contributed by atoms with van der Waals surface area (Å²) in [6.45, 7) is 7.15. The molecule has 0 bridgehead atoms. The Balaban J connectivity index is 1.86. The molecule has 3 heterocycles. The number of hydrogen-bond donors (Lipinski definition) is 1. The minimum absolute atomic E-state index is 0.242. The zero-order chi connectivity index (χ0) is 16.6. The summed E-state index contributed by atoms with van der Waals surface area (Å²) < 4.78 is 34.6. The molecule has 23 heavy (non-hydrogen) atoms. The molecule has 9 heteroatoms. The van der Waals surface area contributed by atoms with Crippen LogP contribution in [-0.4, -0.2) is 52.2 Å². The average molecular weight is 339 g/mol. The van der Waals surface area contributed by atoms with Gasteiger partial charge >= 0.3 is 0 Å². The molecule has 1 unspecified atom stereocenters. The Hall–Kier alpha value is -1.71. The maximum Gasteiger partial charge on any atom is 0.246 e. The summed E-state index contributed by atoms with van der Waals surface area (Å²) >= 11 is 0. The van der Waals surface area contributed by atoms with Crippen LogP contribution in [0.25, 0.3) is 0 Å². The Kier molecular flexibility index (Phi) is 4.26. The molecule has 1 atom stereocenters. The predicted molar refractivity (Wildman–Crippen MR) is 83.4 cm³/mol. The van der Waals surface area contributed by atoms with E-state index in [1.807, 2.05) is 13.8 Å². The SMILES string of the molecule is CCn1ncc(S(=O)(=O)N2CCOC(c3ncc(C)[nH]3)C2)c1C. The molecule has 1 N–H and O–H groups in total. The lowest BCUT2D eigenvalue weighted by Gasteiger charge is -2.31. The number of imidazole rings is 1. The lowest BCUT2D eigenvalue weighted by atomic mass is 10.3. The molecule has 3 rings (SSSR count). The van der Waals surface area contributed by atoms with Crippen LogP contribution in [0.1, 0.15) is 30.2 Å². The van der Waals surface area contributed by atoms with Crippen LogP contribution in [0.2, 0.25) is 0 Å². The van der Waals surface area contributed by atoms with E-state index in [1.165, 1.54) is 10.5 Å². The van der Waals surface area contributed by atoms with Gasteiger partial charge in [0.05, 0.1) is 18.5 Å². The summed E-state index contributed by atoms with van der Waals surface area (Å²) in [5, 5.41) is 4.14. The van der Waals surface area contributed by atoms with E-state index < -0.39 is 10.0 Å². The van der Waals surface area contributed by atoms with Gasteiger partial charge in [-0.2, -0.15) is 9.40 Å². The number of H-pyrrole nitrogens is 1. The molecule has 0 amide bonds. The summed E-state index contributed by atoms with van der Waals surface area (Å²) in [7, 11) is -3.59. The second-order valence-electron chi connectivity index (χ2n) is 5.58. The second kappa shape index (κ2) is 6.06. The minimum atomic E-state index is -3.59. The molecule has 2 aromatic rings. The normalized spacial score (nSPS) is 20.0. The van der Waals surface area contributed by atoms with Crippen LogP contribution in [0.4, 0.5) is 0 Å². The molecule has 0 radical (unpaired) electrons. The first-order valence-corrected chi connectivity index (χ1v) is 9.03. The van der Waals surface area contributed by atoms with Crippen molar-refractivity contribution < 1.29 is 13.2 Å². The topological polar surface area (TPSA) is 93.1 Å². The zero-order valence-corrected chi connectivity index (χ0v) is 14.3. The first kappa shape index (κ1) is 16.2. The predicted octanol–water partition coefficient (Wildman–Crippen LogP) is 1.01. The van der Waals surface area contributed by atoms with E-state index in [4.69, 9.17) is 4.74 Å². The van der Waals surface area contributed by atoms with Gasteiger partial charge in [-0.15, -0.1) is 0 Å². The second-order valence-corrected chi connectivity index (χ2v) is 7.49. The Morgan fingerprint density at radius 1 is 1.39 bits per heavy atom. The molecule has 0 aromatic carbocycles. The van der Waals surface area contributed by atoms with Gasteiger partial charge in [0, 0.05) is 31.5 Å². The van der Waals surface area contributed by atoms with Gasteiger partial charge in [0.1, 0.15) is 16.8 Å². The lowest BCUT2D eigenvalue weighted by Crippen LogP contribution is -2.42. The number of morpholine rings is 1. The minimum Gasteiger partial charge on any atom is -0.368 e. The van der Waals surface area contributed by atoms with Crippen LogP contribution in [-0.2, 0) is 21.3 Å². The summed E-state index contributed by atoms with van der Waals surface area (Å²) in [6, 6.07) is 0. The van der Waals surface area contributed by atoms with E-state index >= 15 is 0 Å². The number of aromatic amines is 1. The Morgan fingerprint density at radius 3 is 2.78 bits per heavy atom. The summed E-state index contributed by atoms with van der Waals surface area (Å²) in [6.07, 6.45) is 2.76. The highest BCUT2D eigenvalue weighted by molar-refractivity contribution is 7.89. The molecule has 8 nitrogen and oxygen atoms in total. The van der Waals surface area contributed by atoms with Crippen LogP contribution in [0.15, 0.2) is 17.3 Å². The molecule has 126 valence electrons.